The maximum atomic E-state index is 15.2. The number of halogens is 3. The van der Waals surface area contributed by atoms with E-state index in [1.165, 1.54) is 12.1 Å². The molecule has 0 saturated carbocycles. The van der Waals surface area contributed by atoms with Crippen molar-refractivity contribution in [2.75, 3.05) is 13.2 Å². The van der Waals surface area contributed by atoms with Crippen LogP contribution in [-0.2, 0) is 34.6 Å². The van der Waals surface area contributed by atoms with Crippen molar-refractivity contribution in [3.05, 3.63) is 63.7 Å². The molecule has 5 atom stereocenters. The molecule has 7 nitrogen and oxygen atoms in total. The highest BCUT2D eigenvalue weighted by atomic mass is 35.5. The molecule has 1 aliphatic heterocycles. The van der Waals surface area contributed by atoms with Gasteiger partial charge in [0.05, 0.1) is 13.2 Å². The highest BCUT2D eigenvalue weighted by Crippen LogP contribution is 2.44. The first-order valence-corrected chi connectivity index (χ1v) is 30.3. The van der Waals surface area contributed by atoms with Gasteiger partial charge in [-0.05, 0) is 115 Å². The minimum Gasteiger partial charge on any atom is -0.491 e. The quantitative estimate of drug-likeness (QED) is 0.194. The van der Waals surface area contributed by atoms with E-state index in [4.69, 9.17) is 38.8 Å². The molecule has 0 spiro atoms. The van der Waals surface area contributed by atoms with Gasteiger partial charge < -0.3 is 32.3 Å². The number of rotatable bonds is 14. The maximum Gasteiger partial charge on any atom is 0.221 e. The molecule has 1 fully saturated rings. The van der Waals surface area contributed by atoms with E-state index in [0.717, 1.165) is 0 Å². The Labute approximate surface area is 289 Å². The molecule has 0 aliphatic carbocycles. The predicted molar refractivity (Wildman–Crippen MR) is 195 cm³/mol. The number of hydrogen-bond acceptors (Lipinski definition) is 7. The Morgan fingerprint density at radius 3 is 1.87 bits per heavy atom. The summed E-state index contributed by atoms with van der Waals surface area (Å²) in [5, 5.41) is 13.2. The fraction of sp³-hybridized carbons (Fsp3) is 0.636. The molecule has 3 rings (SSSR count). The van der Waals surface area contributed by atoms with Gasteiger partial charge in [0, 0.05) is 17.0 Å². The highest BCUT2D eigenvalue weighted by Gasteiger charge is 2.59. The lowest BCUT2D eigenvalue weighted by Crippen LogP contribution is -2.69. The van der Waals surface area contributed by atoms with Crippen LogP contribution in [0.3, 0.4) is 0 Å². The van der Waals surface area contributed by atoms with E-state index >= 15 is 4.39 Å². The van der Waals surface area contributed by atoms with Crippen LogP contribution in [0.4, 0.5) is 8.78 Å². The van der Waals surface area contributed by atoms with Gasteiger partial charge in [0.1, 0.15) is 24.4 Å². The normalized spacial score (nSPS) is 24.4. The Morgan fingerprint density at radius 1 is 0.766 bits per heavy atom. The Bertz CT molecular complexity index is 1370. The summed E-state index contributed by atoms with van der Waals surface area (Å²) in [6.07, 6.45) is -2.96. The smallest absolute Gasteiger partial charge is 0.221 e. The van der Waals surface area contributed by atoms with Crippen molar-refractivity contribution in [3.63, 3.8) is 0 Å². The van der Waals surface area contributed by atoms with Gasteiger partial charge in [-0.15, -0.1) is 0 Å². The lowest BCUT2D eigenvalue weighted by Gasteiger charge is -2.54. The molecule has 1 aliphatic rings. The molecule has 0 unspecified atom stereocenters. The average Bonchev–Trinajstić information content (AvgIpc) is 2.90. The van der Waals surface area contributed by atoms with Crippen molar-refractivity contribution in [3.8, 4) is 5.75 Å². The Kier molecular flexibility index (Phi) is 13.0. The van der Waals surface area contributed by atoms with Crippen LogP contribution < -0.4 is 4.74 Å². The van der Waals surface area contributed by atoms with E-state index in [1.807, 2.05) is 19.6 Å². The zero-order valence-corrected chi connectivity index (χ0v) is 35.1. The monoisotopic (exact) mass is 748 g/mol. The third-order valence-corrected chi connectivity index (χ3v) is 11.4. The fourth-order valence-electron chi connectivity index (χ4n) is 5.39. The van der Waals surface area contributed by atoms with Crippen LogP contribution in [0, 0.1) is 11.6 Å². The molecule has 0 radical (unpaired) electrons. The van der Waals surface area contributed by atoms with Crippen molar-refractivity contribution < 1.29 is 41.1 Å². The summed E-state index contributed by atoms with van der Waals surface area (Å²) in [6.45, 7) is 27.1. The zero-order chi connectivity index (χ0) is 35.8. The SMILES string of the molecule is CCOc1ccc(Cc2cc([C@]3(O)O[C@H](CO[Si](C)(C)C)[C@@H](O[Si](C)(C)C)[C@H](O[Si](C)(C)C)[C@H]3O[Si](C)(C)C)ccc2Cl)c(F)c1F. The molecule has 47 heavy (non-hydrogen) atoms. The molecule has 0 aromatic heterocycles. The number of aliphatic hydroxyl groups is 1. The standard InChI is InChI=1S/C33H55ClF2O7Si4/c1-14-38-26-18-15-22(28(35)29(26)36)19-23-20-24(16-17-25(23)34)33(37)32(43-47(11,12)13)31(42-46(8,9)10)30(41-45(5,6)7)27(40-33)21-39-44(2,3)4/h15-18,20,27,30-32,37H,14,19,21H2,1-13H3/t27-,30-,31+,32-,33+/m1/s1. The minimum absolute atomic E-state index is 0.0319. The molecule has 2 aromatic carbocycles. The first-order valence-electron chi connectivity index (χ1n) is 16.3. The molecule has 266 valence electrons. The van der Waals surface area contributed by atoms with Crippen LogP contribution in [0.2, 0.25) is 83.6 Å². The molecular weight excluding hydrogens is 694 g/mol. The largest absolute Gasteiger partial charge is 0.491 e. The van der Waals surface area contributed by atoms with Gasteiger partial charge in [-0.1, -0.05) is 23.7 Å². The lowest BCUT2D eigenvalue weighted by atomic mass is 9.87. The molecular formula is C33H55ClF2O7Si4. The van der Waals surface area contributed by atoms with E-state index < -0.39 is 75.1 Å². The van der Waals surface area contributed by atoms with Crippen molar-refractivity contribution in [2.45, 2.75) is 122 Å². The Morgan fingerprint density at radius 2 is 1.34 bits per heavy atom. The summed E-state index contributed by atoms with van der Waals surface area (Å²) in [5.74, 6) is -4.23. The summed E-state index contributed by atoms with van der Waals surface area (Å²) in [7, 11) is -8.81. The van der Waals surface area contributed by atoms with Crippen LogP contribution in [0.15, 0.2) is 30.3 Å². The van der Waals surface area contributed by atoms with Crippen molar-refractivity contribution in [1.82, 2.24) is 0 Å². The van der Waals surface area contributed by atoms with Gasteiger partial charge in [-0.25, -0.2) is 4.39 Å². The lowest BCUT2D eigenvalue weighted by molar-refractivity contribution is -0.348. The number of ether oxygens (including phenoxy) is 2. The first kappa shape index (κ1) is 40.4. The molecule has 1 N–H and O–H groups in total. The third kappa shape index (κ3) is 11.3. The van der Waals surface area contributed by atoms with E-state index in [2.05, 4.69) is 58.9 Å². The zero-order valence-electron chi connectivity index (χ0n) is 30.3. The van der Waals surface area contributed by atoms with Crippen molar-refractivity contribution in [1.29, 1.82) is 0 Å². The summed E-state index contributed by atoms with van der Waals surface area (Å²) >= 11 is 6.65. The second-order valence-corrected chi connectivity index (χ2v) is 34.4. The van der Waals surface area contributed by atoms with Gasteiger partial charge in [-0.3, -0.25) is 0 Å². The molecule has 14 heteroatoms. The van der Waals surface area contributed by atoms with Crippen LogP contribution in [-0.4, -0.2) is 76.0 Å². The summed E-state index contributed by atoms with van der Waals surface area (Å²) in [5.41, 5.74) is 0.940. The van der Waals surface area contributed by atoms with Crippen molar-refractivity contribution in [2.24, 2.45) is 0 Å². The maximum absolute atomic E-state index is 15.2. The van der Waals surface area contributed by atoms with Gasteiger partial charge >= 0.3 is 0 Å². The van der Waals surface area contributed by atoms with E-state index in [-0.39, 0.29) is 30.9 Å². The molecule has 0 bridgehead atoms. The second-order valence-electron chi connectivity index (χ2n) is 16.1. The predicted octanol–water partition coefficient (Wildman–Crippen LogP) is 8.66. The number of benzene rings is 2. The molecule has 1 heterocycles. The minimum atomic E-state index is -2.36. The topological polar surface area (TPSA) is 75.6 Å². The first-order chi connectivity index (χ1) is 21.3. The van der Waals surface area contributed by atoms with Gasteiger partial charge in [0.2, 0.25) is 11.6 Å². The van der Waals surface area contributed by atoms with Crippen molar-refractivity contribution >= 4 is 44.9 Å². The van der Waals surface area contributed by atoms with Crippen LogP contribution in [0.1, 0.15) is 23.6 Å². The Balaban J connectivity index is 2.22. The summed E-state index contributed by atoms with van der Waals surface area (Å²) in [4.78, 5) is 0. The van der Waals surface area contributed by atoms with Crippen LogP contribution in [0.25, 0.3) is 0 Å². The molecule has 0 amide bonds. The average molecular weight is 750 g/mol. The van der Waals surface area contributed by atoms with E-state index in [1.54, 1.807) is 25.1 Å². The fourth-order valence-corrected chi connectivity index (χ4v) is 9.48. The second kappa shape index (κ2) is 15.1. The highest BCUT2D eigenvalue weighted by molar-refractivity contribution is 6.71. The van der Waals surface area contributed by atoms with E-state index in [9.17, 15) is 9.50 Å². The summed E-state index contributed by atoms with van der Waals surface area (Å²) in [6, 6.07) is 7.89. The third-order valence-electron chi connectivity index (χ3n) is 7.11. The van der Waals surface area contributed by atoms with Crippen LogP contribution >= 0.6 is 11.6 Å². The van der Waals surface area contributed by atoms with Gasteiger partial charge in [0.25, 0.3) is 0 Å². The molecule has 1 saturated heterocycles. The Hall–Kier alpha value is -0.982. The van der Waals surface area contributed by atoms with E-state index in [0.29, 0.717) is 16.1 Å². The summed E-state index contributed by atoms with van der Waals surface area (Å²) < 4.78 is 68.8. The number of hydrogen-bond donors (Lipinski definition) is 1. The van der Waals surface area contributed by atoms with Gasteiger partial charge in [-0.2, -0.15) is 4.39 Å². The van der Waals surface area contributed by atoms with Gasteiger partial charge in [0.15, 0.2) is 44.8 Å². The molecule has 2 aromatic rings. The van der Waals surface area contributed by atoms with Crippen LogP contribution in [0.5, 0.6) is 5.75 Å².